The monoisotopic (exact) mass is 406 g/mol. The van der Waals surface area contributed by atoms with Crippen molar-refractivity contribution in [3.05, 3.63) is 69.2 Å². The van der Waals surface area contributed by atoms with Crippen LogP contribution in [0.1, 0.15) is 30.0 Å². The first-order valence-electron chi connectivity index (χ1n) is 8.82. The van der Waals surface area contributed by atoms with E-state index >= 15 is 0 Å². The van der Waals surface area contributed by atoms with Gasteiger partial charge in [-0.3, -0.25) is 9.59 Å². The fourth-order valence-electron chi connectivity index (χ4n) is 2.77. The molecule has 0 saturated heterocycles. The van der Waals surface area contributed by atoms with E-state index in [2.05, 4.69) is 5.32 Å². The molecular formula is C21H24Cl2N2O2. The first-order chi connectivity index (χ1) is 12.8. The van der Waals surface area contributed by atoms with Crippen molar-refractivity contribution >= 4 is 35.0 Å². The minimum Gasteiger partial charge on any atom is -0.357 e. The largest absolute Gasteiger partial charge is 0.357 e. The summed E-state index contributed by atoms with van der Waals surface area (Å²) in [6.07, 6.45) is 0.931. The third-order valence-corrected chi connectivity index (χ3v) is 5.10. The van der Waals surface area contributed by atoms with Gasteiger partial charge in [-0.25, -0.2) is 0 Å². The second kappa shape index (κ2) is 9.77. The molecule has 2 aromatic rings. The number of amides is 2. The first kappa shape index (κ1) is 21.3. The predicted octanol–water partition coefficient (Wildman–Crippen LogP) is 4.40. The summed E-state index contributed by atoms with van der Waals surface area (Å²) in [6, 6.07) is 12.6. The highest BCUT2D eigenvalue weighted by atomic mass is 35.5. The number of likely N-dealkylation sites (N-methyl/N-ethyl adjacent to an activating group) is 1. The predicted molar refractivity (Wildman–Crippen MR) is 110 cm³/mol. The highest BCUT2D eigenvalue weighted by Crippen LogP contribution is 2.23. The molecule has 144 valence electrons. The third-order valence-electron chi connectivity index (χ3n) is 4.52. The summed E-state index contributed by atoms with van der Waals surface area (Å²) < 4.78 is 0. The Balaban J connectivity index is 2.16. The lowest BCUT2D eigenvalue weighted by Gasteiger charge is -2.29. The molecule has 0 saturated carbocycles. The van der Waals surface area contributed by atoms with Crippen LogP contribution in [0.25, 0.3) is 0 Å². The Kier molecular flexibility index (Phi) is 7.69. The summed E-state index contributed by atoms with van der Waals surface area (Å²) in [5, 5.41) is 3.61. The average Bonchev–Trinajstić information content (AvgIpc) is 2.65. The zero-order valence-electron chi connectivity index (χ0n) is 15.8. The molecule has 27 heavy (non-hydrogen) atoms. The van der Waals surface area contributed by atoms with Gasteiger partial charge in [-0.1, -0.05) is 59.1 Å². The summed E-state index contributed by atoms with van der Waals surface area (Å²) in [7, 11) is 1.56. The second-order valence-corrected chi connectivity index (χ2v) is 7.38. The molecule has 1 atom stereocenters. The number of nitrogens with zero attached hydrogens (tertiary/aromatic N) is 1. The highest BCUT2D eigenvalue weighted by molar-refractivity contribution is 6.35. The molecule has 0 radical (unpaired) electrons. The number of hydrogen-bond donors (Lipinski definition) is 1. The van der Waals surface area contributed by atoms with Gasteiger partial charge in [0.15, 0.2) is 0 Å². The zero-order chi connectivity index (χ0) is 20.0. The average molecular weight is 407 g/mol. The molecule has 0 spiro atoms. The fraction of sp³-hybridized carbons (Fsp3) is 0.333. The summed E-state index contributed by atoms with van der Waals surface area (Å²) in [5.74, 6) is -0.318. The Bertz CT molecular complexity index is 806. The van der Waals surface area contributed by atoms with E-state index in [-0.39, 0.29) is 18.4 Å². The van der Waals surface area contributed by atoms with Gasteiger partial charge in [0.1, 0.15) is 6.04 Å². The van der Waals surface area contributed by atoms with Crippen molar-refractivity contribution in [1.29, 1.82) is 0 Å². The van der Waals surface area contributed by atoms with Crippen molar-refractivity contribution in [3.8, 4) is 0 Å². The highest BCUT2D eigenvalue weighted by Gasteiger charge is 2.25. The van der Waals surface area contributed by atoms with Crippen LogP contribution in [0.5, 0.6) is 0 Å². The van der Waals surface area contributed by atoms with Crippen LogP contribution in [-0.4, -0.2) is 29.8 Å². The summed E-state index contributed by atoms with van der Waals surface area (Å²) >= 11 is 12.2. The fourth-order valence-corrected chi connectivity index (χ4v) is 3.24. The number of carbonyl (C=O) groups is 2. The lowest BCUT2D eigenvalue weighted by atomic mass is 10.1. The molecule has 2 amide bonds. The standard InChI is InChI=1S/C21H24Cl2N2O2/c1-14-4-6-16(7-5-14)8-11-20(26)25(15(2)21(27)24-3)13-17-9-10-18(22)12-19(17)23/h4-7,9-10,12,15H,8,11,13H2,1-3H3,(H,24,27)/t15-/m1/s1. The molecule has 1 N–H and O–H groups in total. The molecule has 2 aromatic carbocycles. The number of rotatable bonds is 7. The molecule has 0 heterocycles. The van der Waals surface area contributed by atoms with Gasteiger partial charge in [-0.05, 0) is 43.5 Å². The topological polar surface area (TPSA) is 49.4 Å². The quantitative estimate of drug-likeness (QED) is 0.740. The molecule has 0 aliphatic carbocycles. The summed E-state index contributed by atoms with van der Waals surface area (Å²) in [6.45, 7) is 3.99. The molecular weight excluding hydrogens is 383 g/mol. The minimum absolute atomic E-state index is 0.0994. The maximum absolute atomic E-state index is 12.9. The number of aryl methyl sites for hydroxylation is 2. The number of benzene rings is 2. The normalized spacial score (nSPS) is 11.7. The van der Waals surface area contributed by atoms with Gasteiger partial charge in [0.2, 0.25) is 11.8 Å². The van der Waals surface area contributed by atoms with Gasteiger partial charge >= 0.3 is 0 Å². The molecule has 0 unspecified atom stereocenters. The van der Waals surface area contributed by atoms with Crippen LogP contribution in [0, 0.1) is 6.92 Å². The maximum Gasteiger partial charge on any atom is 0.242 e. The Labute approximate surface area is 170 Å². The van der Waals surface area contributed by atoms with E-state index in [9.17, 15) is 9.59 Å². The van der Waals surface area contributed by atoms with E-state index < -0.39 is 6.04 Å². The van der Waals surface area contributed by atoms with Gasteiger partial charge in [0.05, 0.1) is 0 Å². The minimum atomic E-state index is -0.604. The van der Waals surface area contributed by atoms with Gasteiger partial charge in [0.25, 0.3) is 0 Å². The van der Waals surface area contributed by atoms with Crippen molar-refractivity contribution in [2.45, 2.75) is 39.3 Å². The van der Waals surface area contributed by atoms with Crippen LogP contribution >= 0.6 is 23.2 Å². The smallest absolute Gasteiger partial charge is 0.242 e. The van der Waals surface area contributed by atoms with Gasteiger partial charge in [-0.15, -0.1) is 0 Å². The number of nitrogens with one attached hydrogen (secondary N) is 1. The SMILES string of the molecule is CNC(=O)[C@@H](C)N(Cc1ccc(Cl)cc1Cl)C(=O)CCc1ccc(C)cc1. The number of carbonyl (C=O) groups excluding carboxylic acids is 2. The van der Waals surface area contributed by atoms with E-state index in [1.165, 1.54) is 5.56 Å². The van der Waals surface area contributed by atoms with Crippen molar-refractivity contribution in [2.24, 2.45) is 0 Å². The lowest BCUT2D eigenvalue weighted by Crippen LogP contribution is -2.46. The van der Waals surface area contributed by atoms with Crippen LogP contribution < -0.4 is 5.32 Å². The van der Waals surface area contributed by atoms with E-state index in [0.29, 0.717) is 22.9 Å². The van der Waals surface area contributed by atoms with Crippen molar-refractivity contribution < 1.29 is 9.59 Å². The van der Waals surface area contributed by atoms with Crippen LogP contribution in [0.4, 0.5) is 0 Å². The Morgan fingerprint density at radius 1 is 1.11 bits per heavy atom. The molecule has 0 bridgehead atoms. The Morgan fingerprint density at radius 3 is 2.37 bits per heavy atom. The lowest BCUT2D eigenvalue weighted by molar-refractivity contribution is -0.140. The molecule has 6 heteroatoms. The Hall–Kier alpha value is -2.04. The van der Waals surface area contributed by atoms with Gasteiger partial charge in [-0.2, -0.15) is 0 Å². The zero-order valence-corrected chi connectivity index (χ0v) is 17.3. The molecule has 4 nitrogen and oxygen atoms in total. The van der Waals surface area contributed by atoms with Crippen LogP contribution in [-0.2, 0) is 22.6 Å². The van der Waals surface area contributed by atoms with E-state index in [4.69, 9.17) is 23.2 Å². The van der Waals surface area contributed by atoms with Crippen molar-refractivity contribution in [3.63, 3.8) is 0 Å². The number of halogens is 2. The summed E-state index contributed by atoms with van der Waals surface area (Å²) in [4.78, 5) is 26.6. The molecule has 0 aliphatic heterocycles. The van der Waals surface area contributed by atoms with Crippen LogP contribution in [0.15, 0.2) is 42.5 Å². The van der Waals surface area contributed by atoms with E-state index in [0.717, 1.165) is 11.1 Å². The van der Waals surface area contributed by atoms with Crippen molar-refractivity contribution in [1.82, 2.24) is 10.2 Å². The second-order valence-electron chi connectivity index (χ2n) is 6.53. The van der Waals surface area contributed by atoms with Crippen LogP contribution in [0.3, 0.4) is 0 Å². The Morgan fingerprint density at radius 2 is 1.78 bits per heavy atom. The number of hydrogen-bond acceptors (Lipinski definition) is 2. The molecule has 0 fully saturated rings. The summed E-state index contributed by atoms with van der Waals surface area (Å²) in [5.41, 5.74) is 3.02. The van der Waals surface area contributed by atoms with Gasteiger partial charge < -0.3 is 10.2 Å². The molecule has 2 rings (SSSR count). The van der Waals surface area contributed by atoms with Crippen molar-refractivity contribution in [2.75, 3.05) is 7.05 Å². The molecule has 0 aliphatic rings. The maximum atomic E-state index is 12.9. The van der Waals surface area contributed by atoms with E-state index in [1.807, 2.05) is 31.2 Å². The molecule has 0 aromatic heterocycles. The van der Waals surface area contributed by atoms with Crippen LogP contribution in [0.2, 0.25) is 10.0 Å². The third kappa shape index (κ3) is 5.98. The van der Waals surface area contributed by atoms with E-state index in [1.54, 1.807) is 37.1 Å². The van der Waals surface area contributed by atoms with Gasteiger partial charge in [0, 0.05) is 30.1 Å². The first-order valence-corrected chi connectivity index (χ1v) is 9.58.